The van der Waals surface area contributed by atoms with Crippen LogP contribution in [0.1, 0.15) is 11.1 Å². The van der Waals surface area contributed by atoms with Crippen LogP contribution in [0.2, 0.25) is 0 Å². The quantitative estimate of drug-likeness (QED) is 0.372. The average molecular weight is 453 g/mol. The highest BCUT2D eigenvalue weighted by molar-refractivity contribution is 5.55. The summed E-state index contributed by atoms with van der Waals surface area (Å²) in [7, 11) is 0. The maximum Gasteiger partial charge on any atom is 0.416 e. The van der Waals surface area contributed by atoms with E-state index in [1.54, 1.807) is 12.1 Å². The summed E-state index contributed by atoms with van der Waals surface area (Å²) in [4.78, 5) is 2.27. The van der Waals surface area contributed by atoms with Gasteiger partial charge in [-0.15, -0.1) is 0 Å². The number of nitrogens with zero attached hydrogens (tertiary/aromatic N) is 5. The molecule has 0 radical (unpaired) electrons. The van der Waals surface area contributed by atoms with E-state index in [1.165, 1.54) is 12.1 Å². The summed E-state index contributed by atoms with van der Waals surface area (Å²) in [6.45, 7) is 5.09. The second kappa shape index (κ2) is 9.91. The Morgan fingerprint density at radius 2 is 1.27 bits per heavy atom. The second-order valence-electron chi connectivity index (χ2n) is 7.53. The highest BCUT2D eigenvalue weighted by Gasteiger charge is 2.29. The Balaban J connectivity index is 1.40. The summed E-state index contributed by atoms with van der Waals surface area (Å²) in [5.74, 6) is 0. The summed E-state index contributed by atoms with van der Waals surface area (Å²) in [6, 6.07) is 17.8. The van der Waals surface area contributed by atoms with Crippen LogP contribution < -0.4 is 4.90 Å². The summed E-state index contributed by atoms with van der Waals surface area (Å²) in [5, 5.41) is 16.7. The smallest absolute Gasteiger partial charge is 0.378 e. The van der Waals surface area contributed by atoms with Gasteiger partial charge in [-0.25, -0.2) is 0 Å². The summed E-state index contributed by atoms with van der Waals surface area (Å²) in [5.41, 5.74) is 3.59. The Labute approximate surface area is 189 Å². The van der Waals surface area contributed by atoms with Gasteiger partial charge in [-0.3, -0.25) is 0 Å². The number of aryl methyl sites for hydroxylation is 1. The van der Waals surface area contributed by atoms with Gasteiger partial charge in [-0.05, 0) is 79.2 Å². The first-order valence-electron chi connectivity index (χ1n) is 10.4. The van der Waals surface area contributed by atoms with E-state index in [4.69, 9.17) is 4.74 Å². The lowest BCUT2D eigenvalue weighted by Crippen LogP contribution is -2.36. The van der Waals surface area contributed by atoms with Crippen molar-refractivity contribution < 1.29 is 17.9 Å². The fraction of sp³-hybridized carbons (Fsp3) is 0.250. The fourth-order valence-electron chi connectivity index (χ4n) is 3.31. The zero-order valence-electron chi connectivity index (χ0n) is 18.0. The minimum atomic E-state index is -4.37. The predicted octanol–water partition coefficient (Wildman–Crippen LogP) is 7.68. The van der Waals surface area contributed by atoms with Gasteiger partial charge in [-0.2, -0.15) is 33.6 Å². The third-order valence-corrected chi connectivity index (χ3v) is 5.16. The van der Waals surface area contributed by atoms with Gasteiger partial charge in [0.15, 0.2) is 0 Å². The molecule has 0 spiro atoms. The van der Waals surface area contributed by atoms with Crippen molar-refractivity contribution in [2.45, 2.75) is 13.1 Å². The molecule has 4 rings (SSSR count). The molecule has 0 aliphatic carbocycles. The number of morpholine rings is 1. The molecular weight excluding hydrogens is 431 g/mol. The Morgan fingerprint density at radius 1 is 0.727 bits per heavy atom. The van der Waals surface area contributed by atoms with E-state index >= 15 is 0 Å². The molecular formula is C24H22F3N5O. The molecule has 3 aromatic carbocycles. The second-order valence-corrected chi connectivity index (χ2v) is 7.53. The molecule has 170 valence electrons. The molecule has 33 heavy (non-hydrogen) atoms. The number of anilines is 1. The number of halogens is 3. The molecule has 9 heteroatoms. The first-order chi connectivity index (χ1) is 15.9. The molecule has 3 aromatic rings. The first kappa shape index (κ1) is 22.6. The van der Waals surface area contributed by atoms with E-state index in [-0.39, 0.29) is 0 Å². The number of alkyl halides is 3. The van der Waals surface area contributed by atoms with Gasteiger partial charge < -0.3 is 9.64 Å². The third-order valence-electron chi connectivity index (χ3n) is 5.16. The normalized spacial score (nSPS) is 15.0. The lowest BCUT2D eigenvalue weighted by atomic mass is 10.2. The molecule has 0 N–H and O–H groups in total. The molecule has 1 saturated heterocycles. The molecule has 0 atom stereocenters. The number of benzene rings is 3. The van der Waals surface area contributed by atoms with Crippen molar-refractivity contribution in [3.05, 3.63) is 77.9 Å². The van der Waals surface area contributed by atoms with Crippen molar-refractivity contribution in [3.8, 4) is 0 Å². The van der Waals surface area contributed by atoms with Crippen molar-refractivity contribution in [2.75, 3.05) is 31.2 Å². The van der Waals surface area contributed by atoms with Crippen LogP contribution in [-0.4, -0.2) is 26.3 Å². The molecule has 0 bridgehead atoms. The van der Waals surface area contributed by atoms with Crippen molar-refractivity contribution in [1.82, 2.24) is 0 Å². The zero-order valence-corrected chi connectivity index (χ0v) is 18.0. The zero-order chi connectivity index (χ0) is 23.3. The highest BCUT2D eigenvalue weighted by atomic mass is 19.4. The SMILES string of the molecule is Cc1cc(/N=N/c2ccc(N3CCOCC3)cc2)ccc1/N=N/c1ccc(C(F)(F)F)cc1. The topological polar surface area (TPSA) is 61.9 Å². The highest BCUT2D eigenvalue weighted by Crippen LogP contribution is 2.31. The average Bonchev–Trinajstić information content (AvgIpc) is 2.83. The molecule has 6 nitrogen and oxygen atoms in total. The van der Waals surface area contributed by atoms with Crippen LogP contribution in [0, 0.1) is 6.92 Å². The number of hydrogen-bond acceptors (Lipinski definition) is 6. The number of azo groups is 2. The third kappa shape index (κ3) is 6.01. The molecule has 1 fully saturated rings. The molecule has 0 saturated carbocycles. The van der Waals surface area contributed by atoms with Gasteiger partial charge in [0.2, 0.25) is 0 Å². The Morgan fingerprint density at radius 3 is 1.88 bits per heavy atom. The number of ether oxygens (including phenoxy) is 1. The minimum absolute atomic E-state index is 0.340. The number of hydrogen-bond donors (Lipinski definition) is 0. The lowest BCUT2D eigenvalue weighted by molar-refractivity contribution is -0.137. The molecule has 1 aliphatic heterocycles. The maximum atomic E-state index is 12.7. The Kier molecular flexibility index (Phi) is 6.79. The predicted molar refractivity (Wildman–Crippen MR) is 120 cm³/mol. The van der Waals surface area contributed by atoms with Crippen LogP contribution in [0.5, 0.6) is 0 Å². The largest absolute Gasteiger partial charge is 0.416 e. The van der Waals surface area contributed by atoms with Crippen LogP contribution >= 0.6 is 0 Å². The molecule has 1 heterocycles. The van der Waals surface area contributed by atoms with Gasteiger partial charge in [0, 0.05) is 18.8 Å². The van der Waals surface area contributed by atoms with Crippen LogP contribution in [0.4, 0.5) is 41.6 Å². The van der Waals surface area contributed by atoms with E-state index in [1.807, 2.05) is 37.3 Å². The molecule has 0 unspecified atom stereocenters. The van der Waals surface area contributed by atoms with Gasteiger partial charge in [0.05, 0.1) is 41.5 Å². The van der Waals surface area contributed by atoms with E-state index in [0.29, 0.717) is 17.1 Å². The molecule has 0 amide bonds. The van der Waals surface area contributed by atoms with Gasteiger partial charge >= 0.3 is 6.18 Å². The van der Waals surface area contributed by atoms with E-state index in [9.17, 15) is 13.2 Å². The van der Waals surface area contributed by atoms with Crippen LogP contribution in [-0.2, 0) is 10.9 Å². The van der Waals surface area contributed by atoms with Crippen molar-refractivity contribution >= 4 is 28.4 Å². The van der Waals surface area contributed by atoms with Gasteiger partial charge in [0.1, 0.15) is 0 Å². The van der Waals surface area contributed by atoms with Crippen molar-refractivity contribution in [2.24, 2.45) is 20.5 Å². The van der Waals surface area contributed by atoms with Crippen LogP contribution in [0.3, 0.4) is 0 Å². The van der Waals surface area contributed by atoms with E-state index in [2.05, 4.69) is 25.4 Å². The monoisotopic (exact) mass is 453 g/mol. The first-order valence-corrected chi connectivity index (χ1v) is 10.4. The van der Waals surface area contributed by atoms with Crippen molar-refractivity contribution in [1.29, 1.82) is 0 Å². The van der Waals surface area contributed by atoms with E-state index < -0.39 is 11.7 Å². The van der Waals surface area contributed by atoms with Gasteiger partial charge in [-0.1, -0.05) is 0 Å². The summed E-state index contributed by atoms with van der Waals surface area (Å²) >= 11 is 0. The van der Waals surface area contributed by atoms with Crippen molar-refractivity contribution in [3.63, 3.8) is 0 Å². The Bertz CT molecular complexity index is 1140. The molecule has 1 aliphatic rings. The summed E-state index contributed by atoms with van der Waals surface area (Å²) < 4.78 is 43.3. The maximum absolute atomic E-state index is 12.7. The standard InChI is InChI=1S/C24H22F3N5O/c1-17-16-21(30-28-20-6-9-22(10-7-20)32-12-14-33-15-13-32)8-11-23(17)31-29-19-4-2-18(3-5-19)24(25,26)27/h2-11,16H,12-15H2,1H3/b30-28+,31-29+. The Hall–Kier alpha value is -3.59. The molecule has 0 aromatic heterocycles. The lowest BCUT2D eigenvalue weighted by Gasteiger charge is -2.28. The van der Waals surface area contributed by atoms with Crippen LogP contribution in [0.15, 0.2) is 87.2 Å². The van der Waals surface area contributed by atoms with E-state index in [0.717, 1.165) is 55.4 Å². The fourth-order valence-corrected chi connectivity index (χ4v) is 3.31. The minimum Gasteiger partial charge on any atom is -0.378 e. The van der Waals surface area contributed by atoms with Gasteiger partial charge in [0.25, 0.3) is 0 Å². The van der Waals surface area contributed by atoms with Crippen LogP contribution in [0.25, 0.3) is 0 Å². The summed E-state index contributed by atoms with van der Waals surface area (Å²) in [6.07, 6.45) is -4.37. The number of rotatable bonds is 5.